The van der Waals surface area contributed by atoms with Gasteiger partial charge in [-0.2, -0.15) is 0 Å². The monoisotopic (exact) mass is 512 g/mol. The molecule has 0 unspecified atom stereocenters. The van der Waals surface area contributed by atoms with E-state index in [0.717, 1.165) is 50.9 Å². The average Bonchev–Trinajstić information content (AvgIpc) is 3.74. The first-order valence-corrected chi connectivity index (χ1v) is 13.2. The highest BCUT2D eigenvalue weighted by molar-refractivity contribution is 6.06. The Morgan fingerprint density at radius 1 is 0.947 bits per heavy atom. The quantitative estimate of drug-likeness (QED) is 0.306. The van der Waals surface area contributed by atoms with E-state index < -0.39 is 10.8 Å². The average molecular weight is 513 g/mol. The van der Waals surface area contributed by atoms with Gasteiger partial charge in [-0.3, -0.25) is 19.7 Å². The molecule has 196 valence electrons. The van der Waals surface area contributed by atoms with Gasteiger partial charge in [0.15, 0.2) is 0 Å². The van der Waals surface area contributed by atoms with Crippen LogP contribution in [0.4, 0.5) is 17.1 Å². The molecular weight excluding hydrogens is 480 g/mol. The number of anilines is 2. The highest BCUT2D eigenvalue weighted by atomic mass is 16.6. The second-order valence-corrected chi connectivity index (χ2v) is 10.3. The van der Waals surface area contributed by atoms with E-state index in [-0.39, 0.29) is 23.2 Å². The van der Waals surface area contributed by atoms with Crippen molar-refractivity contribution in [2.45, 2.75) is 45.1 Å². The zero-order valence-corrected chi connectivity index (χ0v) is 21.5. The van der Waals surface area contributed by atoms with E-state index in [1.165, 1.54) is 11.6 Å². The molecule has 0 aromatic heterocycles. The molecule has 1 aliphatic heterocycles. The maximum atomic E-state index is 13.2. The van der Waals surface area contributed by atoms with Crippen molar-refractivity contribution in [3.8, 4) is 0 Å². The van der Waals surface area contributed by atoms with Crippen LogP contribution >= 0.6 is 0 Å². The minimum atomic E-state index is -0.496. The molecule has 8 nitrogen and oxygen atoms in total. The van der Waals surface area contributed by atoms with Crippen LogP contribution in [0.2, 0.25) is 0 Å². The molecule has 1 heterocycles. The smallest absolute Gasteiger partial charge is 0.273 e. The lowest BCUT2D eigenvalue weighted by atomic mass is 9.89. The summed E-state index contributed by atoms with van der Waals surface area (Å²) in [6.45, 7) is 3.35. The Bertz CT molecular complexity index is 1350. The van der Waals surface area contributed by atoms with Crippen LogP contribution in [0.1, 0.15) is 57.5 Å². The molecule has 1 saturated heterocycles. The fraction of sp³-hybridized carbons (Fsp3) is 0.333. The zero-order chi connectivity index (χ0) is 26.6. The number of nitro groups is 1. The molecule has 2 fully saturated rings. The predicted molar refractivity (Wildman–Crippen MR) is 148 cm³/mol. The third-order valence-corrected chi connectivity index (χ3v) is 7.40. The number of nitrogens with one attached hydrogen (secondary N) is 2. The van der Waals surface area contributed by atoms with Crippen LogP contribution < -0.4 is 15.5 Å². The topological polar surface area (TPSA) is 105 Å². The van der Waals surface area contributed by atoms with E-state index in [9.17, 15) is 19.7 Å². The van der Waals surface area contributed by atoms with Crippen molar-refractivity contribution in [2.24, 2.45) is 5.92 Å². The van der Waals surface area contributed by atoms with Gasteiger partial charge in [0.25, 0.3) is 17.5 Å². The molecule has 0 radical (unpaired) electrons. The highest BCUT2D eigenvalue weighted by Crippen LogP contribution is 2.31. The summed E-state index contributed by atoms with van der Waals surface area (Å²) >= 11 is 0. The number of aryl methyl sites for hydroxylation is 1. The van der Waals surface area contributed by atoms with Crippen LogP contribution in [0.15, 0.2) is 66.7 Å². The molecule has 0 bridgehead atoms. The summed E-state index contributed by atoms with van der Waals surface area (Å²) in [7, 11) is 0. The summed E-state index contributed by atoms with van der Waals surface area (Å²) < 4.78 is 0. The van der Waals surface area contributed by atoms with Gasteiger partial charge in [-0.1, -0.05) is 36.4 Å². The van der Waals surface area contributed by atoms with Gasteiger partial charge in [0.05, 0.1) is 10.5 Å². The molecule has 2 amide bonds. The van der Waals surface area contributed by atoms with E-state index in [2.05, 4.69) is 39.8 Å². The largest absolute Gasteiger partial charge is 0.371 e. The number of piperidine rings is 1. The maximum Gasteiger partial charge on any atom is 0.273 e. The Balaban J connectivity index is 1.32. The molecular formula is C30H32N4O4. The Hall–Kier alpha value is -4.20. The van der Waals surface area contributed by atoms with Gasteiger partial charge in [0.1, 0.15) is 0 Å². The maximum absolute atomic E-state index is 13.2. The molecule has 1 aliphatic carbocycles. The first-order chi connectivity index (χ1) is 18.4. The molecule has 1 saturated carbocycles. The number of nitro benzene ring substituents is 1. The van der Waals surface area contributed by atoms with Gasteiger partial charge < -0.3 is 15.5 Å². The molecule has 2 N–H and O–H groups in total. The molecule has 2 aliphatic rings. The van der Waals surface area contributed by atoms with Gasteiger partial charge in [-0.05, 0) is 74.8 Å². The summed E-state index contributed by atoms with van der Waals surface area (Å²) in [5.74, 6) is 0.00151. The SMILES string of the molecule is Cc1ccc(C(=O)Nc2ccc(N3CCC(Cc4ccccc4)CC3)c(C(=O)NC3CC3)c2)cc1[N+](=O)[O-]. The van der Waals surface area contributed by atoms with Crippen molar-refractivity contribution in [1.82, 2.24) is 5.32 Å². The van der Waals surface area contributed by atoms with Crippen LogP contribution in [-0.4, -0.2) is 35.9 Å². The zero-order valence-electron chi connectivity index (χ0n) is 21.5. The van der Waals surface area contributed by atoms with Crippen molar-refractivity contribution >= 4 is 28.9 Å². The van der Waals surface area contributed by atoms with E-state index in [0.29, 0.717) is 22.7 Å². The molecule has 0 atom stereocenters. The lowest BCUT2D eigenvalue weighted by Gasteiger charge is -2.35. The number of amides is 2. The third kappa shape index (κ3) is 6.02. The van der Waals surface area contributed by atoms with Crippen LogP contribution in [-0.2, 0) is 6.42 Å². The van der Waals surface area contributed by atoms with Gasteiger partial charge in [0, 0.05) is 47.7 Å². The fourth-order valence-corrected chi connectivity index (χ4v) is 5.04. The standard InChI is InChI=1S/C30H32N4O4/c1-20-7-8-23(18-28(20)34(37)38)29(35)32-25-11-12-27(26(19-25)30(36)31-24-9-10-24)33-15-13-22(14-16-33)17-21-5-3-2-4-6-21/h2-8,11-12,18-19,22,24H,9-10,13-17H2,1H3,(H,31,36)(H,32,35). The Morgan fingerprint density at radius 2 is 1.68 bits per heavy atom. The number of benzene rings is 3. The Labute approximate surface area is 222 Å². The van der Waals surface area contributed by atoms with Crippen molar-refractivity contribution < 1.29 is 14.5 Å². The van der Waals surface area contributed by atoms with Crippen molar-refractivity contribution in [3.05, 3.63) is 99.1 Å². The van der Waals surface area contributed by atoms with Crippen LogP contribution in [0, 0.1) is 23.0 Å². The lowest BCUT2D eigenvalue weighted by molar-refractivity contribution is -0.385. The first kappa shape index (κ1) is 25.4. The summed E-state index contributed by atoms with van der Waals surface area (Å²) in [6, 6.07) is 20.6. The van der Waals surface area contributed by atoms with Crippen molar-refractivity contribution in [3.63, 3.8) is 0 Å². The van der Waals surface area contributed by atoms with Crippen LogP contribution in [0.3, 0.4) is 0 Å². The van der Waals surface area contributed by atoms with Gasteiger partial charge in [0.2, 0.25) is 0 Å². The number of rotatable bonds is 8. The number of nitrogens with zero attached hydrogens (tertiary/aromatic N) is 2. The molecule has 38 heavy (non-hydrogen) atoms. The van der Waals surface area contributed by atoms with E-state index in [4.69, 9.17) is 0 Å². The molecule has 3 aromatic rings. The highest BCUT2D eigenvalue weighted by Gasteiger charge is 2.28. The number of carbonyl (C=O) groups is 2. The van der Waals surface area contributed by atoms with Gasteiger partial charge in [-0.15, -0.1) is 0 Å². The number of hydrogen-bond acceptors (Lipinski definition) is 5. The number of carbonyl (C=O) groups excluding carboxylic acids is 2. The minimum Gasteiger partial charge on any atom is -0.371 e. The second kappa shape index (κ2) is 11.0. The van der Waals surface area contributed by atoms with E-state index >= 15 is 0 Å². The summed E-state index contributed by atoms with van der Waals surface area (Å²) in [5, 5.41) is 17.2. The molecule has 8 heteroatoms. The van der Waals surface area contributed by atoms with E-state index in [1.54, 1.807) is 31.2 Å². The second-order valence-electron chi connectivity index (χ2n) is 10.3. The third-order valence-electron chi connectivity index (χ3n) is 7.40. The molecule has 0 spiro atoms. The van der Waals surface area contributed by atoms with Crippen LogP contribution in [0.5, 0.6) is 0 Å². The van der Waals surface area contributed by atoms with Crippen molar-refractivity contribution in [1.29, 1.82) is 0 Å². The molecule has 3 aromatic carbocycles. The van der Waals surface area contributed by atoms with Gasteiger partial charge >= 0.3 is 0 Å². The first-order valence-electron chi connectivity index (χ1n) is 13.2. The normalized spacial score (nSPS) is 15.7. The van der Waals surface area contributed by atoms with Crippen molar-refractivity contribution in [2.75, 3.05) is 23.3 Å². The fourth-order valence-electron chi connectivity index (χ4n) is 5.04. The number of hydrogen-bond donors (Lipinski definition) is 2. The Morgan fingerprint density at radius 3 is 2.37 bits per heavy atom. The summed E-state index contributed by atoms with van der Waals surface area (Å²) in [5.41, 5.74) is 3.80. The molecule has 5 rings (SSSR count). The van der Waals surface area contributed by atoms with E-state index in [1.807, 2.05) is 12.1 Å². The Kier molecular flexibility index (Phi) is 7.40. The summed E-state index contributed by atoms with van der Waals surface area (Å²) in [6.07, 6.45) is 5.11. The van der Waals surface area contributed by atoms with Crippen LogP contribution in [0.25, 0.3) is 0 Å². The van der Waals surface area contributed by atoms with Gasteiger partial charge in [-0.25, -0.2) is 0 Å². The minimum absolute atomic E-state index is 0.104. The predicted octanol–water partition coefficient (Wildman–Crippen LogP) is 5.51. The lowest BCUT2D eigenvalue weighted by Crippen LogP contribution is -2.36. The summed E-state index contributed by atoms with van der Waals surface area (Å²) in [4.78, 5) is 39.2.